The molecule has 1 heterocycles. The number of benzene rings is 2. The van der Waals surface area contributed by atoms with E-state index < -0.39 is 11.9 Å². The van der Waals surface area contributed by atoms with Crippen LogP contribution < -0.4 is 15.2 Å². The highest BCUT2D eigenvalue weighted by Gasteiger charge is 2.14. The average Bonchev–Trinajstić information content (AvgIpc) is 3.11. The molecular weight excluding hydrogens is 346 g/mol. The van der Waals surface area contributed by atoms with E-state index in [9.17, 15) is 14.7 Å². The zero-order valence-electron chi connectivity index (χ0n) is 14.7. The van der Waals surface area contributed by atoms with Crippen LogP contribution in [-0.2, 0) is 9.59 Å². The quantitative estimate of drug-likeness (QED) is 0.692. The molecule has 0 saturated carbocycles. The molecule has 7 nitrogen and oxygen atoms in total. The van der Waals surface area contributed by atoms with Gasteiger partial charge >= 0.3 is 0 Å². The molecule has 0 fully saturated rings. The monoisotopic (exact) mass is 364 g/mol. The third-order valence-corrected chi connectivity index (χ3v) is 3.92. The maximum atomic E-state index is 12.1. The van der Waals surface area contributed by atoms with Crippen LogP contribution in [-0.4, -0.2) is 28.8 Å². The molecule has 0 spiro atoms. The average molecular weight is 364 g/mol. The molecule has 0 saturated heterocycles. The number of carbonyl (C=O) groups is 2. The van der Waals surface area contributed by atoms with Crippen LogP contribution in [0.15, 0.2) is 60.7 Å². The number of amides is 1. The first-order valence-corrected chi connectivity index (χ1v) is 8.36. The van der Waals surface area contributed by atoms with Gasteiger partial charge in [-0.15, -0.1) is 0 Å². The summed E-state index contributed by atoms with van der Waals surface area (Å²) in [6.45, 7) is 0. The van der Waals surface area contributed by atoms with Gasteiger partial charge in [0.05, 0.1) is 18.5 Å². The number of aliphatic carboxylic acids is 1. The van der Waals surface area contributed by atoms with Crippen LogP contribution in [0.3, 0.4) is 0 Å². The van der Waals surface area contributed by atoms with E-state index in [1.54, 1.807) is 30.0 Å². The van der Waals surface area contributed by atoms with Gasteiger partial charge in [-0.3, -0.25) is 4.79 Å². The van der Waals surface area contributed by atoms with Gasteiger partial charge in [-0.25, -0.2) is 4.68 Å². The summed E-state index contributed by atoms with van der Waals surface area (Å²) in [5.74, 6) is -0.539. The second-order valence-electron chi connectivity index (χ2n) is 5.81. The molecule has 0 unspecified atom stereocenters. The third-order valence-electron chi connectivity index (χ3n) is 3.92. The highest BCUT2D eigenvalue weighted by Crippen LogP contribution is 2.25. The van der Waals surface area contributed by atoms with Crippen molar-refractivity contribution < 1.29 is 19.4 Å². The van der Waals surface area contributed by atoms with Gasteiger partial charge in [0.2, 0.25) is 5.91 Å². The van der Waals surface area contributed by atoms with E-state index in [4.69, 9.17) is 4.74 Å². The number of hydrogen-bond donors (Lipinski definition) is 1. The van der Waals surface area contributed by atoms with E-state index in [1.165, 1.54) is 0 Å². The lowest BCUT2D eigenvalue weighted by Crippen LogP contribution is -2.24. The van der Waals surface area contributed by atoms with Crippen LogP contribution in [0.25, 0.3) is 16.9 Å². The molecule has 1 aromatic heterocycles. The smallest absolute Gasteiger partial charge is 0.225 e. The molecule has 0 aliphatic carbocycles. The van der Waals surface area contributed by atoms with E-state index in [0.29, 0.717) is 17.3 Å². The minimum atomic E-state index is -1.27. The van der Waals surface area contributed by atoms with Crippen molar-refractivity contribution in [2.45, 2.75) is 12.8 Å². The number of ether oxygens (including phenoxy) is 1. The number of nitrogens with one attached hydrogen (secondary N) is 1. The Bertz CT molecular complexity index is 934. The molecule has 0 aliphatic rings. The van der Waals surface area contributed by atoms with Crippen LogP contribution in [0.1, 0.15) is 12.8 Å². The van der Waals surface area contributed by atoms with Crippen molar-refractivity contribution in [1.82, 2.24) is 9.78 Å². The SMILES string of the molecule is COc1ccc(-n2nc(-c3ccccc3)cc2NC(=O)CCC(=O)[O-])cc1. The second kappa shape index (κ2) is 8.18. The molecule has 0 atom stereocenters. The highest BCUT2D eigenvalue weighted by molar-refractivity contribution is 5.92. The van der Waals surface area contributed by atoms with E-state index in [0.717, 1.165) is 11.3 Å². The van der Waals surface area contributed by atoms with Crippen molar-refractivity contribution in [2.75, 3.05) is 12.4 Å². The second-order valence-corrected chi connectivity index (χ2v) is 5.81. The fourth-order valence-electron chi connectivity index (χ4n) is 2.56. The lowest BCUT2D eigenvalue weighted by atomic mass is 10.1. The van der Waals surface area contributed by atoms with Crippen LogP contribution in [0.2, 0.25) is 0 Å². The highest BCUT2D eigenvalue weighted by atomic mass is 16.5. The summed E-state index contributed by atoms with van der Waals surface area (Å²) >= 11 is 0. The molecule has 138 valence electrons. The van der Waals surface area contributed by atoms with Crippen molar-refractivity contribution in [3.8, 4) is 22.7 Å². The number of nitrogens with zero attached hydrogens (tertiary/aromatic N) is 2. The van der Waals surface area contributed by atoms with E-state index >= 15 is 0 Å². The summed E-state index contributed by atoms with van der Waals surface area (Å²) in [4.78, 5) is 22.7. The number of carbonyl (C=O) groups excluding carboxylic acids is 2. The Morgan fingerprint density at radius 3 is 2.41 bits per heavy atom. The number of anilines is 1. The predicted molar refractivity (Wildman–Crippen MR) is 98.4 cm³/mol. The number of hydrogen-bond acceptors (Lipinski definition) is 5. The lowest BCUT2D eigenvalue weighted by molar-refractivity contribution is -0.305. The summed E-state index contributed by atoms with van der Waals surface area (Å²) in [7, 11) is 1.58. The topological polar surface area (TPSA) is 96.3 Å². The molecule has 3 rings (SSSR count). The van der Waals surface area contributed by atoms with Crippen molar-refractivity contribution in [3.63, 3.8) is 0 Å². The van der Waals surface area contributed by atoms with Crippen LogP contribution in [0, 0.1) is 0 Å². The maximum absolute atomic E-state index is 12.1. The van der Waals surface area contributed by atoms with Gasteiger partial charge in [-0.1, -0.05) is 30.3 Å². The number of methoxy groups -OCH3 is 1. The minimum Gasteiger partial charge on any atom is -0.550 e. The molecule has 0 aliphatic heterocycles. The Morgan fingerprint density at radius 1 is 1.07 bits per heavy atom. The van der Waals surface area contributed by atoms with Gasteiger partial charge in [-0.2, -0.15) is 5.10 Å². The van der Waals surface area contributed by atoms with Gasteiger partial charge in [0.25, 0.3) is 0 Å². The lowest BCUT2D eigenvalue weighted by Gasteiger charge is -2.09. The Morgan fingerprint density at radius 2 is 1.78 bits per heavy atom. The molecule has 2 aromatic carbocycles. The van der Waals surface area contributed by atoms with E-state index in [1.807, 2.05) is 42.5 Å². The van der Waals surface area contributed by atoms with E-state index in [2.05, 4.69) is 10.4 Å². The van der Waals surface area contributed by atoms with Crippen molar-refractivity contribution in [3.05, 3.63) is 60.7 Å². The number of carboxylic acids is 1. The van der Waals surface area contributed by atoms with Gasteiger partial charge < -0.3 is 20.0 Å². The molecule has 0 bridgehead atoms. The molecule has 0 radical (unpaired) electrons. The molecule has 7 heteroatoms. The molecular formula is C20H18N3O4-. The Kier molecular flexibility index (Phi) is 5.51. The summed E-state index contributed by atoms with van der Waals surface area (Å²) < 4.78 is 6.76. The number of aromatic nitrogens is 2. The largest absolute Gasteiger partial charge is 0.550 e. The summed E-state index contributed by atoms with van der Waals surface area (Å²) in [5, 5.41) is 17.9. The van der Waals surface area contributed by atoms with Crippen molar-refractivity contribution >= 4 is 17.7 Å². The predicted octanol–water partition coefficient (Wildman–Crippen LogP) is 2.02. The van der Waals surface area contributed by atoms with Gasteiger partial charge in [0.15, 0.2) is 0 Å². The zero-order chi connectivity index (χ0) is 19.2. The number of carboxylic acid groups (broad SMARTS) is 1. The zero-order valence-corrected chi connectivity index (χ0v) is 14.7. The molecule has 3 aromatic rings. The van der Waals surface area contributed by atoms with Crippen LogP contribution in [0.5, 0.6) is 5.75 Å². The first-order valence-electron chi connectivity index (χ1n) is 8.36. The first kappa shape index (κ1) is 18.2. The van der Waals surface area contributed by atoms with Crippen LogP contribution >= 0.6 is 0 Å². The molecule has 1 N–H and O–H groups in total. The minimum absolute atomic E-state index is 0.170. The fourth-order valence-corrected chi connectivity index (χ4v) is 2.56. The summed E-state index contributed by atoms with van der Waals surface area (Å²) in [6.07, 6.45) is -0.509. The fraction of sp³-hybridized carbons (Fsp3) is 0.150. The van der Waals surface area contributed by atoms with Crippen molar-refractivity contribution in [1.29, 1.82) is 0 Å². The first-order chi connectivity index (χ1) is 13.1. The molecule has 27 heavy (non-hydrogen) atoms. The van der Waals surface area contributed by atoms with E-state index in [-0.39, 0.29) is 12.8 Å². The normalized spacial score (nSPS) is 10.4. The maximum Gasteiger partial charge on any atom is 0.225 e. The number of rotatable bonds is 7. The summed E-state index contributed by atoms with van der Waals surface area (Å²) in [5.41, 5.74) is 2.31. The summed E-state index contributed by atoms with van der Waals surface area (Å²) in [6, 6.07) is 18.5. The van der Waals surface area contributed by atoms with Gasteiger partial charge in [0.1, 0.15) is 11.6 Å². The van der Waals surface area contributed by atoms with Crippen LogP contribution in [0.4, 0.5) is 5.82 Å². The Labute approximate surface area is 156 Å². The Hall–Kier alpha value is -3.61. The third kappa shape index (κ3) is 4.52. The van der Waals surface area contributed by atoms with Gasteiger partial charge in [-0.05, 0) is 30.7 Å². The van der Waals surface area contributed by atoms with Crippen molar-refractivity contribution in [2.24, 2.45) is 0 Å². The Balaban J connectivity index is 1.94. The van der Waals surface area contributed by atoms with Gasteiger partial charge in [0, 0.05) is 24.0 Å². The standard InChI is InChI=1S/C20H19N3O4/c1-27-16-9-7-15(8-10-16)23-18(21-19(24)11-12-20(25)26)13-17(22-23)14-5-3-2-4-6-14/h2-10,13H,11-12H2,1H3,(H,21,24)(H,25,26)/p-1. The molecule has 1 amide bonds.